The van der Waals surface area contributed by atoms with E-state index in [1.807, 2.05) is 0 Å². The van der Waals surface area contributed by atoms with Gasteiger partial charge in [0.1, 0.15) is 5.02 Å². The molecule has 0 aromatic carbocycles. The van der Waals surface area contributed by atoms with Gasteiger partial charge in [-0.25, -0.2) is 4.98 Å². The molecule has 1 atom stereocenters. The fourth-order valence-corrected chi connectivity index (χ4v) is 1.94. The summed E-state index contributed by atoms with van der Waals surface area (Å²) in [5.41, 5.74) is 0. The highest BCUT2D eigenvalue weighted by atomic mass is 35.5. The van der Waals surface area contributed by atoms with Gasteiger partial charge in [-0.2, -0.15) is 4.98 Å². The first kappa shape index (κ1) is 12.4. The van der Waals surface area contributed by atoms with Gasteiger partial charge >= 0.3 is 6.01 Å². The summed E-state index contributed by atoms with van der Waals surface area (Å²) in [5, 5.41) is 3.75. The molecular formula is C11H16ClN3O2. The lowest BCUT2D eigenvalue weighted by molar-refractivity contribution is 0.209. The molecule has 0 spiro atoms. The molecule has 6 heteroatoms. The zero-order chi connectivity index (χ0) is 12.1. The lowest BCUT2D eigenvalue weighted by Crippen LogP contribution is -2.33. The molecule has 1 aliphatic rings. The molecule has 2 rings (SSSR count). The van der Waals surface area contributed by atoms with Crippen molar-refractivity contribution in [2.24, 2.45) is 5.92 Å². The maximum Gasteiger partial charge on any atom is 0.319 e. The number of hydrogen-bond acceptors (Lipinski definition) is 5. The quantitative estimate of drug-likeness (QED) is 0.886. The molecule has 1 saturated heterocycles. The Hall–Kier alpha value is -1.07. The molecule has 0 radical (unpaired) electrons. The number of hydrogen-bond donors (Lipinski definition) is 1. The fraction of sp³-hybridized carbons (Fsp3) is 0.636. The number of nitrogens with zero attached hydrogens (tertiary/aromatic N) is 2. The van der Waals surface area contributed by atoms with Crippen LogP contribution in [0, 0.1) is 5.92 Å². The molecule has 0 bridgehead atoms. The number of rotatable bonds is 4. The number of nitrogens with one attached hydrogen (secondary N) is 1. The van der Waals surface area contributed by atoms with Crippen molar-refractivity contribution in [3.8, 4) is 11.9 Å². The van der Waals surface area contributed by atoms with Gasteiger partial charge in [0, 0.05) is 12.5 Å². The Labute approximate surface area is 105 Å². The van der Waals surface area contributed by atoms with Crippen LogP contribution in [0.4, 0.5) is 0 Å². The first-order valence-corrected chi connectivity index (χ1v) is 6.07. The van der Waals surface area contributed by atoms with Gasteiger partial charge < -0.3 is 14.8 Å². The molecule has 2 heterocycles. The van der Waals surface area contributed by atoms with E-state index in [1.54, 1.807) is 0 Å². The van der Waals surface area contributed by atoms with Gasteiger partial charge in [-0.15, -0.1) is 0 Å². The van der Waals surface area contributed by atoms with E-state index in [4.69, 9.17) is 21.1 Å². The summed E-state index contributed by atoms with van der Waals surface area (Å²) in [6.07, 6.45) is 3.85. The van der Waals surface area contributed by atoms with Crippen LogP contribution in [0.5, 0.6) is 11.9 Å². The predicted octanol–water partition coefficient (Wildman–Crippen LogP) is 1.52. The van der Waals surface area contributed by atoms with E-state index in [0.29, 0.717) is 23.4 Å². The summed E-state index contributed by atoms with van der Waals surface area (Å²) >= 11 is 5.95. The summed E-state index contributed by atoms with van der Waals surface area (Å²) in [7, 11) is 1.51. The van der Waals surface area contributed by atoms with Crippen molar-refractivity contribution in [3.63, 3.8) is 0 Å². The molecule has 1 fully saturated rings. The van der Waals surface area contributed by atoms with Crippen LogP contribution in [0.25, 0.3) is 0 Å². The van der Waals surface area contributed by atoms with Crippen molar-refractivity contribution in [2.45, 2.75) is 12.8 Å². The maximum atomic E-state index is 5.95. The van der Waals surface area contributed by atoms with Crippen molar-refractivity contribution in [2.75, 3.05) is 26.8 Å². The molecule has 1 N–H and O–H groups in total. The summed E-state index contributed by atoms with van der Waals surface area (Å²) in [6.45, 7) is 2.70. The van der Waals surface area contributed by atoms with Crippen molar-refractivity contribution in [1.82, 2.24) is 15.3 Å². The van der Waals surface area contributed by atoms with E-state index < -0.39 is 0 Å². The molecule has 5 nitrogen and oxygen atoms in total. The van der Waals surface area contributed by atoms with Crippen LogP contribution < -0.4 is 14.8 Å². The minimum Gasteiger partial charge on any atom is -0.476 e. The van der Waals surface area contributed by atoms with E-state index in [2.05, 4.69) is 15.3 Å². The smallest absolute Gasteiger partial charge is 0.319 e. The second-order valence-corrected chi connectivity index (χ2v) is 4.44. The fourth-order valence-electron chi connectivity index (χ4n) is 1.80. The molecule has 94 valence electrons. The van der Waals surface area contributed by atoms with E-state index >= 15 is 0 Å². The van der Waals surface area contributed by atoms with E-state index in [-0.39, 0.29) is 6.01 Å². The zero-order valence-electron chi connectivity index (χ0n) is 9.78. The largest absolute Gasteiger partial charge is 0.476 e. The number of halogens is 1. The lowest BCUT2D eigenvalue weighted by atomic mass is 10.0. The van der Waals surface area contributed by atoms with Gasteiger partial charge in [0.2, 0.25) is 5.88 Å². The monoisotopic (exact) mass is 257 g/mol. The Morgan fingerprint density at radius 1 is 1.59 bits per heavy atom. The minimum atomic E-state index is 0.270. The first-order valence-electron chi connectivity index (χ1n) is 5.69. The van der Waals surface area contributed by atoms with Crippen LogP contribution in [-0.4, -0.2) is 36.8 Å². The number of ether oxygens (including phenoxy) is 2. The highest BCUT2D eigenvalue weighted by molar-refractivity contribution is 6.31. The summed E-state index contributed by atoms with van der Waals surface area (Å²) in [4.78, 5) is 7.96. The van der Waals surface area contributed by atoms with E-state index in [0.717, 1.165) is 13.1 Å². The van der Waals surface area contributed by atoms with Gasteiger partial charge in [-0.05, 0) is 19.4 Å². The first-order chi connectivity index (χ1) is 8.29. The Morgan fingerprint density at radius 2 is 2.47 bits per heavy atom. The van der Waals surface area contributed by atoms with Crippen LogP contribution in [0.3, 0.4) is 0 Å². The average molecular weight is 258 g/mol. The number of aromatic nitrogens is 2. The molecule has 0 saturated carbocycles. The van der Waals surface area contributed by atoms with Crippen LogP contribution in [0.2, 0.25) is 5.02 Å². The van der Waals surface area contributed by atoms with E-state index in [9.17, 15) is 0 Å². The standard InChI is InChI=1S/C11H16ClN3O2/c1-16-11-14-6-9(12)10(15-11)17-7-8-3-2-4-13-5-8/h6,8,13H,2-5,7H2,1H3. The van der Waals surface area contributed by atoms with Crippen molar-refractivity contribution < 1.29 is 9.47 Å². The summed E-state index contributed by atoms with van der Waals surface area (Å²) in [5.74, 6) is 0.907. The average Bonchev–Trinajstić information content (AvgIpc) is 2.39. The third kappa shape index (κ3) is 3.44. The Balaban J connectivity index is 1.92. The predicted molar refractivity (Wildman–Crippen MR) is 64.7 cm³/mol. The maximum absolute atomic E-state index is 5.95. The Bertz CT molecular complexity index is 370. The zero-order valence-corrected chi connectivity index (χ0v) is 10.5. The van der Waals surface area contributed by atoms with Gasteiger partial charge in [-0.1, -0.05) is 11.6 Å². The number of methoxy groups -OCH3 is 1. The third-order valence-corrected chi connectivity index (χ3v) is 2.99. The summed E-state index contributed by atoms with van der Waals surface area (Å²) in [6, 6.07) is 0.270. The second-order valence-electron chi connectivity index (χ2n) is 4.03. The molecule has 1 unspecified atom stereocenters. The molecule has 0 aliphatic carbocycles. The Kier molecular flexibility index (Phi) is 4.39. The summed E-state index contributed by atoms with van der Waals surface area (Å²) < 4.78 is 10.5. The molecule has 1 aliphatic heterocycles. The second kappa shape index (κ2) is 6.02. The lowest BCUT2D eigenvalue weighted by Gasteiger charge is -2.22. The van der Waals surface area contributed by atoms with Crippen LogP contribution >= 0.6 is 11.6 Å². The van der Waals surface area contributed by atoms with Gasteiger partial charge in [0.15, 0.2) is 0 Å². The molecule has 1 aromatic heterocycles. The minimum absolute atomic E-state index is 0.270. The third-order valence-electron chi connectivity index (χ3n) is 2.73. The van der Waals surface area contributed by atoms with Crippen LogP contribution in [-0.2, 0) is 0 Å². The number of piperidine rings is 1. The van der Waals surface area contributed by atoms with Gasteiger partial charge in [-0.3, -0.25) is 0 Å². The molecular weight excluding hydrogens is 242 g/mol. The SMILES string of the molecule is COc1ncc(Cl)c(OCC2CCCNC2)n1. The van der Waals surface area contributed by atoms with Gasteiger partial charge in [0.05, 0.1) is 19.9 Å². The van der Waals surface area contributed by atoms with Crippen LogP contribution in [0.1, 0.15) is 12.8 Å². The Morgan fingerprint density at radius 3 is 3.18 bits per heavy atom. The van der Waals surface area contributed by atoms with E-state index in [1.165, 1.54) is 26.1 Å². The topological polar surface area (TPSA) is 56.3 Å². The molecule has 17 heavy (non-hydrogen) atoms. The van der Waals surface area contributed by atoms with Crippen LogP contribution in [0.15, 0.2) is 6.20 Å². The normalized spacial score (nSPS) is 20.0. The highest BCUT2D eigenvalue weighted by Gasteiger charge is 2.15. The highest BCUT2D eigenvalue weighted by Crippen LogP contribution is 2.23. The molecule has 0 amide bonds. The van der Waals surface area contributed by atoms with Crippen molar-refractivity contribution in [1.29, 1.82) is 0 Å². The molecule has 1 aromatic rings. The van der Waals surface area contributed by atoms with Crippen molar-refractivity contribution in [3.05, 3.63) is 11.2 Å². The van der Waals surface area contributed by atoms with Crippen molar-refractivity contribution >= 4 is 11.6 Å². The van der Waals surface area contributed by atoms with Gasteiger partial charge in [0.25, 0.3) is 0 Å².